The maximum Gasteiger partial charge on any atom is 0.319 e. The lowest BCUT2D eigenvalue weighted by atomic mass is 9.93. The number of benzene rings is 1. The number of allylic oxidation sites excluding steroid dienone is 1. The van der Waals surface area contributed by atoms with Crippen molar-refractivity contribution in [1.82, 2.24) is 10.6 Å². The highest BCUT2D eigenvalue weighted by Gasteiger charge is 2.32. The van der Waals surface area contributed by atoms with Gasteiger partial charge in [-0.15, -0.1) is 0 Å². The first-order chi connectivity index (χ1) is 11.8. The molecule has 6 nitrogen and oxygen atoms in total. The van der Waals surface area contributed by atoms with Gasteiger partial charge in [0.05, 0.1) is 17.6 Å². The van der Waals surface area contributed by atoms with Crippen LogP contribution in [0.5, 0.6) is 11.5 Å². The number of Topliss-reactive ketones (excluding diaryl/α,β-unsaturated/α-hetero) is 1. The average Bonchev–Trinajstić information content (AvgIpc) is 2.54. The highest BCUT2D eigenvalue weighted by Crippen LogP contribution is 2.46. The minimum absolute atomic E-state index is 0.135. The largest absolute Gasteiger partial charge is 0.493 e. The fraction of sp³-hybridized carbons (Fsp3) is 0.294. The second-order valence-electron chi connectivity index (χ2n) is 5.35. The summed E-state index contributed by atoms with van der Waals surface area (Å²) in [4.78, 5) is 24.0. The molecule has 25 heavy (non-hydrogen) atoms. The molecule has 1 aromatic carbocycles. The third-order valence-electron chi connectivity index (χ3n) is 3.68. The van der Waals surface area contributed by atoms with Gasteiger partial charge in [-0.05, 0) is 57.3 Å². The number of amides is 2. The molecule has 8 heteroatoms. The lowest BCUT2D eigenvalue weighted by Crippen LogP contribution is -2.44. The molecule has 2 amide bonds. The van der Waals surface area contributed by atoms with Gasteiger partial charge in [0, 0.05) is 15.7 Å². The Morgan fingerprint density at radius 1 is 1.40 bits per heavy atom. The summed E-state index contributed by atoms with van der Waals surface area (Å²) >= 11 is 7.02. The zero-order chi connectivity index (χ0) is 18.7. The Morgan fingerprint density at radius 3 is 2.64 bits per heavy atom. The van der Waals surface area contributed by atoms with Crippen molar-refractivity contribution in [2.24, 2.45) is 0 Å². The van der Waals surface area contributed by atoms with Crippen molar-refractivity contribution in [2.75, 3.05) is 13.7 Å². The van der Waals surface area contributed by atoms with E-state index in [0.29, 0.717) is 43.9 Å². The van der Waals surface area contributed by atoms with Crippen molar-refractivity contribution in [3.63, 3.8) is 0 Å². The molecule has 1 heterocycles. The summed E-state index contributed by atoms with van der Waals surface area (Å²) in [5, 5.41) is 5.41. The van der Waals surface area contributed by atoms with Crippen molar-refractivity contribution in [1.29, 1.82) is 0 Å². The molecule has 0 fully saturated rings. The van der Waals surface area contributed by atoms with Crippen LogP contribution in [0.1, 0.15) is 25.5 Å². The fourth-order valence-corrected chi connectivity index (χ4v) is 3.70. The van der Waals surface area contributed by atoms with Crippen LogP contribution in [-0.2, 0) is 4.79 Å². The Morgan fingerprint density at radius 2 is 2.08 bits per heavy atom. The van der Waals surface area contributed by atoms with Crippen molar-refractivity contribution in [3.8, 4) is 11.5 Å². The summed E-state index contributed by atoms with van der Waals surface area (Å²) in [6.45, 7) is 7.10. The highest BCUT2D eigenvalue weighted by molar-refractivity contribution is 9.13. The zero-order valence-corrected chi connectivity index (χ0v) is 17.2. The van der Waals surface area contributed by atoms with Crippen LogP contribution in [0.25, 0.3) is 0 Å². The average molecular weight is 474 g/mol. The third-order valence-corrected chi connectivity index (χ3v) is 5.82. The molecule has 134 valence electrons. The van der Waals surface area contributed by atoms with E-state index >= 15 is 0 Å². The predicted molar refractivity (Wildman–Crippen MR) is 102 cm³/mol. The van der Waals surface area contributed by atoms with Crippen molar-refractivity contribution in [3.05, 3.63) is 44.5 Å². The van der Waals surface area contributed by atoms with Gasteiger partial charge in [0.15, 0.2) is 17.3 Å². The fourth-order valence-electron chi connectivity index (χ4n) is 2.64. The lowest BCUT2D eigenvalue weighted by Gasteiger charge is -2.29. The predicted octanol–water partition coefficient (Wildman–Crippen LogP) is 4.00. The smallest absolute Gasteiger partial charge is 0.319 e. The Balaban J connectivity index is 2.63. The van der Waals surface area contributed by atoms with Crippen LogP contribution in [0, 0.1) is 0 Å². The standard InChI is InChI=1S/C17H18Br2N2O4/c1-5-6-25-16-11(24-4)7-10(13(18)14(16)19)15-12(9(3)22)8(2)20-17(23)21-15/h5,7,15H,1,6H2,2-4H3,(H2,20,21,23). The molecule has 1 aliphatic rings. The number of ketones is 1. The molecule has 0 bridgehead atoms. The first-order valence-corrected chi connectivity index (χ1v) is 8.99. The summed E-state index contributed by atoms with van der Waals surface area (Å²) in [5.41, 5.74) is 1.68. The number of rotatable bonds is 6. The van der Waals surface area contributed by atoms with Gasteiger partial charge in [0.25, 0.3) is 0 Å². The molecule has 0 aliphatic carbocycles. The molecule has 1 unspecified atom stereocenters. The number of halogens is 2. The van der Waals surface area contributed by atoms with Crippen LogP contribution < -0.4 is 20.1 Å². The van der Waals surface area contributed by atoms with Gasteiger partial charge in [-0.2, -0.15) is 0 Å². The normalized spacial score (nSPS) is 16.8. The lowest BCUT2D eigenvalue weighted by molar-refractivity contribution is -0.114. The van der Waals surface area contributed by atoms with E-state index in [4.69, 9.17) is 9.47 Å². The van der Waals surface area contributed by atoms with Crippen molar-refractivity contribution >= 4 is 43.7 Å². The number of urea groups is 1. The van der Waals surface area contributed by atoms with Gasteiger partial charge < -0.3 is 20.1 Å². The van der Waals surface area contributed by atoms with Gasteiger partial charge in [-0.25, -0.2) is 4.79 Å². The quantitative estimate of drug-likeness (QED) is 0.612. The Kier molecular flexibility index (Phi) is 6.29. The monoisotopic (exact) mass is 472 g/mol. The molecule has 2 N–H and O–H groups in total. The van der Waals surface area contributed by atoms with Gasteiger partial charge in [0.1, 0.15) is 6.61 Å². The molecule has 0 saturated carbocycles. The van der Waals surface area contributed by atoms with E-state index in [1.165, 1.54) is 14.0 Å². The van der Waals surface area contributed by atoms with Crippen LogP contribution >= 0.6 is 31.9 Å². The Labute approximate surface area is 162 Å². The highest BCUT2D eigenvalue weighted by atomic mass is 79.9. The maximum atomic E-state index is 12.1. The number of methoxy groups -OCH3 is 1. The second kappa shape index (κ2) is 8.05. The SMILES string of the molecule is C=CCOc1c(OC)cc(C2NC(=O)NC(C)=C2C(C)=O)c(Br)c1Br. The topological polar surface area (TPSA) is 76.7 Å². The number of hydrogen-bond acceptors (Lipinski definition) is 4. The van der Waals surface area contributed by atoms with E-state index in [-0.39, 0.29) is 11.8 Å². The maximum absolute atomic E-state index is 12.1. The van der Waals surface area contributed by atoms with Gasteiger partial charge in [-0.3, -0.25) is 4.79 Å². The first-order valence-electron chi connectivity index (χ1n) is 7.40. The van der Waals surface area contributed by atoms with Crippen LogP contribution in [-0.4, -0.2) is 25.5 Å². The van der Waals surface area contributed by atoms with Gasteiger partial charge in [-0.1, -0.05) is 12.7 Å². The van der Waals surface area contributed by atoms with Crippen LogP contribution in [0.4, 0.5) is 4.79 Å². The van der Waals surface area contributed by atoms with Gasteiger partial charge in [0.2, 0.25) is 0 Å². The summed E-state index contributed by atoms with van der Waals surface area (Å²) in [6.07, 6.45) is 1.63. The molecule has 1 aromatic rings. The van der Waals surface area contributed by atoms with Crippen LogP contribution in [0.15, 0.2) is 38.9 Å². The molecular weight excluding hydrogens is 456 g/mol. The molecule has 1 atom stereocenters. The first kappa shape index (κ1) is 19.5. The third kappa shape index (κ3) is 3.90. The van der Waals surface area contributed by atoms with E-state index in [1.807, 2.05) is 0 Å². The Bertz CT molecular complexity index is 774. The summed E-state index contributed by atoms with van der Waals surface area (Å²) in [6, 6.07) is 0.750. The minimum atomic E-state index is -0.612. The molecule has 0 saturated heterocycles. The second-order valence-corrected chi connectivity index (χ2v) is 6.94. The molecule has 0 radical (unpaired) electrons. The van der Waals surface area contributed by atoms with Crippen molar-refractivity contribution in [2.45, 2.75) is 19.9 Å². The zero-order valence-electron chi connectivity index (χ0n) is 14.0. The number of hydrogen-bond donors (Lipinski definition) is 2. The number of ether oxygens (including phenoxy) is 2. The summed E-state index contributed by atoms with van der Waals surface area (Å²) in [7, 11) is 1.52. The van der Waals surface area contributed by atoms with E-state index in [1.54, 1.807) is 19.1 Å². The summed E-state index contributed by atoms with van der Waals surface area (Å²) in [5.74, 6) is 0.840. The van der Waals surface area contributed by atoms with E-state index in [2.05, 4.69) is 49.1 Å². The molecular formula is C17H18Br2N2O4. The van der Waals surface area contributed by atoms with E-state index in [9.17, 15) is 9.59 Å². The van der Waals surface area contributed by atoms with Crippen LogP contribution in [0.2, 0.25) is 0 Å². The summed E-state index contributed by atoms with van der Waals surface area (Å²) < 4.78 is 12.3. The van der Waals surface area contributed by atoms with E-state index < -0.39 is 6.04 Å². The Hall–Kier alpha value is -1.80. The van der Waals surface area contributed by atoms with Crippen LogP contribution in [0.3, 0.4) is 0 Å². The van der Waals surface area contributed by atoms with E-state index in [0.717, 1.165) is 0 Å². The van der Waals surface area contributed by atoms with Gasteiger partial charge >= 0.3 is 6.03 Å². The molecule has 0 spiro atoms. The minimum Gasteiger partial charge on any atom is -0.493 e. The number of carbonyl (C=O) groups excluding carboxylic acids is 2. The molecule has 2 rings (SSSR count). The molecule has 1 aliphatic heterocycles. The molecule has 0 aromatic heterocycles. The van der Waals surface area contributed by atoms with Crippen molar-refractivity contribution < 1.29 is 19.1 Å². The number of carbonyl (C=O) groups is 2. The number of nitrogens with one attached hydrogen (secondary N) is 2.